The first-order chi connectivity index (χ1) is 7.00. The third kappa shape index (κ3) is 1.62. The molecule has 2 aliphatic rings. The van der Waals surface area contributed by atoms with Crippen LogP contribution in [0.1, 0.15) is 13.3 Å². The summed E-state index contributed by atoms with van der Waals surface area (Å²) < 4.78 is 4.81. The molecule has 1 saturated heterocycles. The van der Waals surface area contributed by atoms with Gasteiger partial charge in [-0.3, -0.25) is 9.79 Å². The molecule has 0 aliphatic carbocycles. The average molecular weight is 229 g/mol. The largest absolute Gasteiger partial charge is 0.477 e. The van der Waals surface area contributed by atoms with Gasteiger partial charge in [0.1, 0.15) is 17.7 Å². The maximum absolute atomic E-state index is 11.1. The molecular formula is C9H11NO4S. The van der Waals surface area contributed by atoms with Gasteiger partial charge >= 0.3 is 11.9 Å². The van der Waals surface area contributed by atoms with Gasteiger partial charge in [-0.05, 0) is 13.3 Å². The van der Waals surface area contributed by atoms with Crippen LogP contribution in [0, 0.1) is 5.92 Å². The molecule has 0 aromatic heterocycles. The number of esters is 1. The molecule has 0 saturated carbocycles. The number of aliphatic imine (C=N–C) groups is 1. The summed E-state index contributed by atoms with van der Waals surface area (Å²) in [6.07, 6.45) is 0.328. The van der Waals surface area contributed by atoms with E-state index in [0.717, 1.165) is 0 Å². The van der Waals surface area contributed by atoms with Crippen molar-refractivity contribution in [3.8, 4) is 0 Å². The first kappa shape index (κ1) is 10.5. The van der Waals surface area contributed by atoms with Crippen LogP contribution in [0.4, 0.5) is 0 Å². The number of carbonyl (C=O) groups excluding carboxylic acids is 1. The van der Waals surface area contributed by atoms with Crippen molar-refractivity contribution in [1.82, 2.24) is 0 Å². The van der Waals surface area contributed by atoms with Gasteiger partial charge < -0.3 is 9.84 Å². The third-order valence-electron chi connectivity index (χ3n) is 2.80. The highest BCUT2D eigenvalue weighted by molar-refractivity contribution is 7.82. The molecule has 1 fully saturated rings. The number of carbonyl (C=O) groups is 2. The minimum atomic E-state index is -1.06. The number of thiol groups is 1. The zero-order chi connectivity index (χ0) is 11.2. The van der Waals surface area contributed by atoms with E-state index in [2.05, 4.69) is 17.6 Å². The van der Waals surface area contributed by atoms with Gasteiger partial charge in [0.25, 0.3) is 0 Å². The number of nitrogens with zero attached hydrogens (tertiary/aromatic N) is 1. The number of hydrogen-bond acceptors (Lipinski definition) is 5. The quantitative estimate of drug-likeness (QED) is 0.522. The van der Waals surface area contributed by atoms with Crippen molar-refractivity contribution in [3.63, 3.8) is 0 Å². The van der Waals surface area contributed by atoms with E-state index in [4.69, 9.17) is 9.84 Å². The van der Waals surface area contributed by atoms with E-state index >= 15 is 0 Å². The van der Waals surface area contributed by atoms with Crippen LogP contribution in [0.2, 0.25) is 0 Å². The molecule has 4 atom stereocenters. The Kier molecular flexibility index (Phi) is 2.46. The standard InChI is InChI=1S/C9H11NO4S/c1-3-6(9(13)14-3)4-2-5(15)7(10-4)8(11)12/h3-6,15H,2H2,1H3,(H,11,12)/t3-,4?,5?,6?/m1/s1. The van der Waals surface area contributed by atoms with Gasteiger partial charge in [-0.15, -0.1) is 0 Å². The summed E-state index contributed by atoms with van der Waals surface area (Å²) in [5.74, 6) is -1.64. The number of cyclic esters (lactones) is 1. The Bertz CT molecular complexity index is 354. The van der Waals surface area contributed by atoms with Crippen molar-refractivity contribution in [2.75, 3.05) is 0 Å². The summed E-state index contributed by atoms with van der Waals surface area (Å²) in [5.41, 5.74) is 0.0511. The van der Waals surface area contributed by atoms with Crippen LogP contribution >= 0.6 is 12.6 Å². The van der Waals surface area contributed by atoms with Gasteiger partial charge in [0, 0.05) is 0 Å². The first-order valence-electron chi connectivity index (χ1n) is 4.70. The molecule has 0 amide bonds. The molecular weight excluding hydrogens is 218 g/mol. The lowest BCUT2D eigenvalue weighted by atomic mass is 9.89. The predicted molar refractivity (Wildman–Crippen MR) is 55.3 cm³/mol. The zero-order valence-electron chi connectivity index (χ0n) is 8.08. The van der Waals surface area contributed by atoms with Crippen LogP contribution in [0.15, 0.2) is 4.99 Å². The minimum Gasteiger partial charge on any atom is -0.477 e. The van der Waals surface area contributed by atoms with Crippen molar-refractivity contribution in [3.05, 3.63) is 0 Å². The molecule has 0 aromatic rings. The fraction of sp³-hybridized carbons (Fsp3) is 0.667. The predicted octanol–water partition coefficient (Wildman–Crippen LogP) is 0.144. The highest BCUT2D eigenvalue weighted by Crippen LogP contribution is 2.33. The molecule has 0 spiro atoms. The molecule has 3 unspecified atom stereocenters. The van der Waals surface area contributed by atoms with Crippen LogP contribution in [-0.4, -0.2) is 40.2 Å². The fourth-order valence-corrected chi connectivity index (χ4v) is 2.40. The van der Waals surface area contributed by atoms with Crippen LogP contribution in [0.5, 0.6) is 0 Å². The molecule has 6 heteroatoms. The molecule has 0 bridgehead atoms. The van der Waals surface area contributed by atoms with Crippen molar-refractivity contribution in [2.45, 2.75) is 30.7 Å². The number of hydrogen-bond donors (Lipinski definition) is 2. The van der Waals surface area contributed by atoms with E-state index in [1.54, 1.807) is 6.92 Å². The third-order valence-corrected chi connectivity index (χ3v) is 3.25. The van der Waals surface area contributed by atoms with Crippen molar-refractivity contribution >= 4 is 30.3 Å². The Hall–Kier alpha value is -1.04. The van der Waals surface area contributed by atoms with Gasteiger partial charge in [-0.1, -0.05) is 0 Å². The second-order valence-corrected chi connectivity index (χ2v) is 4.43. The van der Waals surface area contributed by atoms with E-state index in [1.165, 1.54) is 0 Å². The lowest BCUT2D eigenvalue weighted by Crippen LogP contribution is -2.48. The number of carboxylic acid groups (broad SMARTS) is 1. The van der Waals surface area contributed by atoms with Crippen LogP contribution in [0.25, 0.3) is 0 Å². The number of rotatable bonds is 2. The number of aliphatic carboxylic acids is 1. The lowest BCUT2D eigenvalue weighted by molar-refractivity contribution is -0.183. The molecule has 1 N–H and O–H groups in total. The van der Waals surface area contributed by atoms with E-state index in [9.17, 15) is 9.59 Å². The summed E-state index contributed by atoms with van der Waals surface area (Å²) in [6.45, 7) is 1.79. The smallest absolute Gasteiger partial charge is 0.350 e. The Morgan fingerprint density at radius 1 is 1.67 bits per heavy atom. The second-order valence-electron chi connectivity index (χ2n) is 3.81. The maximum atomic E-state index is 11.1. The Morgan fingerprint density at radius 2 is 2.33 bits per heavy atom. The molecule has 2 rings (SSSR count). The molecule has 2 heterocycles. The van der Waals surface area contributed by atoms with Crippen LogP contribution < -0.4 is 0 Å². The SMILES string of the molecule is C[C@H]1OC(=O)C1C1CC(S)C(C(=O)O)=N1. The summed E-state index contributed by atoms with van der Waals surface area (Å²) in [7, 11) is 0. The first-order valence-corrected chi connectivity index (χ1v) is 5.22. The van der Waals surface area contributed by atoms with Gasteiger partial charge in [-0.2, -0.15) is 12.6 Å². The molecule has 0 aromatic carbocycles. The minimum absolute atomic E-state index is 0.0511. The van der Waals surface area contributed by atoms with Gasteiger partial charge in [0.2, 0.25) is 0 Å². The summed E-state index contributed by atoms with van der Waals surface area (Å²) in [4.78, 5) is 25.9. The van der Waals surface area contributed by atoms with Gasteiger partial charge in [-0.25, -0.2) is 4.79 Å². The Morgan fingerprint density at radius 3 is 2.73 bits per heavy atom. The monoisotopic (exact) mass is 229 g/mol. The number of ether oxygens (including phenoxy) is 1. The Balaban J connectivity index is 2.14. The van der Waals surface area contributed by atoms with Crippen molar-refractivity contribution in [1.29, 1.82) is 0 Å². The summed E-state index contributed by atoms with van der Waals surface area (Å²) in [6, 6.07) is -0.283. The zero-order valence-corrected chi connectivity index (χ0v) is 8.98. The van der Waals surface area contributed by atoms with E-state index < -0.39 is 5.97 Å². The fourth-order valence-electron chi connectivity index (χ4n) is 2.01. The molecule has 5 nitrogen and oxygen atoms in total. The number of carboxylic acids is 1. The molecule has 0 radical (unpaired) electrons. The molecule has 15 heavy (non-hydrogen) atoms. The molecule has 82 valence electrons. The van der Waals surface area contributed by atoms with Crippen LogP contribution in [0.3, 0.4) is 0 Å². The lowest BCUT2D eigenvalue weighted by Gasteiger charge is -2.35. The second kappa shape index (κ2) is 3.52. The highest BCUT2D eigenvalue weighted by atomic mass is 32.1. The summed E-state index contributed by atoms with van der Waals surface area (Å²) in [5, 5.41) is 8.43. The van der Waals surface area contributed by atoms with E-state index in [1.807, 2.05) is 0 Å². The van der Waals surface area contributed by atoms with Crippen molar-refractivity contribution in [2.24, 2.45) is 10.9 Å². The van der Waals surface area contributed by atoms with Crippen LogP contribution in [-0.2, 0) is 14.3 Å². The van der Waals surface area contributed by atoms with E-state index in [0.29, 0.717) is 6.42 Å². The molecule has 2 aliphatic heterocycles. The topological polar surface area (TPSA) is 76.0 Å². The normalized spacial score (nSPS) is 39.3. The maximum Gasteiger partial charge on any atom is 0.350 e. The van der Waals surface area contributed by atoms with Gasteiger partial charge in [0.05, 0.1) is 11.3 Å². The average Bonchev–Trinajstić information content (AvgIpc) is 2.46. The Labute approximate surface area is 91.9 Å². The van der Waals surface area contributed by atoms with Gasteiger partial charge in [0.15, 0.2) is 0 Å². The highest BCUT2D eigenvalue weighted by Gasteiger charge is 2.48. The van der Waals surface area contributed by atoms with Crippen molar-refractivity contribution < 1.29 is 19.4 Å². The van der Waals surface area contributed by atoms with E-state index in [-0.39, 0.29) is 35.0 Å². The summed E-state index contributed by atoms with van der Waals surface area (Å²) >= 11 is 4.14.